The van der Waals surface area contributed by atoms with Gasteiger partial charge in [0.2, 0.25) is 0 Å². The molecule has 21 heavy (non-hydrogen) atoms. The Morgan fingerprint density at radius 2 is 1.86 bits per heavy atom. The molecular weight excluding hydrogens is 260 g/mol. The third-order valence-electron chi connectivity index (χ3n) is 3.51. The summed E-state index contributed by atoms with van der Waals surface area (Å²) in [6, 6.07) is 18.3. The molecule has 0 fully saturated rings. The zero-order valence-electron chi connectivity index (χ0n) is 12.0. The molecule has 0 bridgehead atoms. The lowest BCUT2D eigenvalue weighted by Crippen LogP contribution is -2.24. The Bertz CT molecular complexity index is 759. The van der Waals surface area contributed by atoms with E-state index in [4.69, 9.17) is 0 Å². The number of aromatic nitrogens is 1. The van der Waals surface area contributed by atoms with Crippen LogP contribution in [0, 0.1) is 0 Å². The molecule has 3 nitrogen and oxygen atoms in total. The van der Waals surface area contributed by atoms with Gasteiger partial charge in [0.15, 0.2) is 0 Å². The molecule has 106 valence electrons. The Hall–Kier alpha value is -2.55. The molecule has 0 spiro atoms. The molecule has 2 N–H and O–H groups in total. The Morgan fingerprint density at radius 1 is 1.05 bits per heavy atom. The molecule has 1 amide bonds. The Balaban J connectivity index is 1.94. The maximum atomic E-state index is 12.0. The average Bonchev–Trinajstić information content (AvgIpc) is 2.96. The molecule has 0 saturated carbocycles. The fraction of sp³-hybridized carbons (Fsp3) is 0.167. The first-order chi connectivity index (χ1) is 10.3. The van der Waals surface area contributed by atoms with E-state index in [9.17, 15) is 4.79 Å². The first kappa shape index (κ1) is 13.4. The van der Waals surface area contributed by atoms with Crippen LogP contribution in [0.25, 0.3) is 22.0 Å². The second-order valence-electron chi connectivity index (χ2n) is 5.11. The highest BCUT2D eigenvalue weighted by molar-refractivity contribution is 5.98. The molecule has 0 unspecified atom stereocenters. The molecule has 1 heterocycles. The van der Waals surface area contributed by atoms with Crippen molar-refractivity contribution < 1.29 is 4.79 Å². The molecule has 3 rings (SSSR count). The lowest BCUT2D eigenvalue weighted by atomic mass is 10.0. The van der Waals surface area contributed by atoms with Crippen LogP contribution in [0.15, 0.2) is 54.6 Å². The number of benzene rings is 2. The molecule has 0 radical (unpaired) electrons. The van der Waals surface area contributed by atoms with Crippen LogP contribution in [0.5, 0.6) is 0 Å². The quantitative estimate of drug-likeness (QED) is 0.745. The average molecular weight is 278 g/mol. The van der Waals surface area contributed by atoms with E-state index in [1.165, 1.54) is 5.56 Å². The van der Waals surface area contributed by atoms with E-state index in [0.717, 1.165) is 22.9 Å². The fourth-order valence-corrected chi connectivity index (χ4v) is 2.40. The maximum absolute atomic E-state index is 12.0. The molecule has 0 aliphatic carbocycles. The van der Waals surface area contributed by atoms with E-state index < -0.39 is 0 Å². The molecule has 1 aromatic heterocycles. The van der Waals surface area contributed by atoms with Gasteiger partial charge in [-0.15, -0.1) is 0 Å². The number of hydrogen-bond acceptors (Lipinski definition) is 1. The SMILES string of the molecule is CCCNC(=O)c1cc2cc(-c3ccccc3)ccc2[nH]1. The lowest BCUT2D eigenvalue weighted by Gasteiger charge is -2.00. The van der Waals surface area contributed by atoms with Gasteiger partial charge in [0.1, 0.15) is 5.69 Å². The highest BCUT2D eigenvalue weighted by Crippen LogP contribution is 2.24. The zero-order valence-corrected chi connectivity index (χ0v) is 12.0. The minimum atomic E-state index is -0.0469. The summed E-state index contributed by atoms with van der Waals surface area (Å²) in [5, 5.41) is 3.94. The van der Waals surface area contributed by atoms with E-state index in [-0.39, 0.29) is 5.91 Å². The van der Waals surface area contributed by atoms with Gasteiger partial charge in [-0.25, -0.2) is 0 Å². The number of carbonyl (C=O) groups excluding carboxylic acids is 1. The van der Waals surface area contributed by atoms with Gasteiger partial charge < -0.3 is 10.3 Å². The number of aromatic amines is 1. The van der Waals surface area contributed by atoms with Gasteiger partial charge in [-0.3, -0.25) is 4.79 Å². The van der Waals surface area contributed by atoms with E-state index >= 15 is 0 Å². The summed E-state index contributed by atoms with van der Waals surface area (Å²) < 4.78 is 0. The van der Waals surface area contributed by atoms with Crippen LogP contribution in [-0.2, 0) is 0 Å². The molecule has 0 aliphatic rings. The number of fused-ring (bicyclic) bond motifs is 1. The Labute approximate surface area is 124 Å². The van der Waals surface area contributed by atoms with Crippen LogP contribution < -0.4 is 5.32 Å². The monoisotopic (exact) mass is 278 g/mol. The van der Waals surface area contributed by atoms with Crippen molar-refractivity contribution in [1.82, 2.24) is 10.3 Å². The van der Waals surface area contributed by atoms with Crippen LogP contribution in [-0.4, -0.2) is 17.4 Å². The first-order valence-electron chi connectivity index (χ1n) is 7.24. The standard InChI is InChI=1S/C18H18N2O/c1-2-10-19-18(21)17-12-15-11-14(8-9-16(15)20-17)13-6-4-3-5-7-13/h3-9,11-12,20H,2,10H2,1H3,(H,19,21). The van der Waals surface area contributed by atoms with Crippen LogP contribution in [0.4, 0.5) is 0 Å². The van der Waals surface area contributed by atoms with Crippen molar-refractivity contribution in [2.45, 2.75) is 13.3 Å². The van der Waals surface area contributed by atoms with Gasteiger partial charge >= 0.3 is 0 Å². The topological polar surface area (TPSA) is 44.9 Å². The molecule has 0 aliphatic heterocycles. The van der Waals surface area contributed by atoms with Gasteiger partial charge in [-0.2, -0.15) is 0 Å². The first-order valence-corrected chi connectivity index (χ1v) is 7.24. The van der Waals surface area contributed by atoms with Crippen molar-refractivity contribution in [1.29, 1.82) is 0 Å². The van der Waals surface area contributed by atoms with Crippen molar-refractivity contribution >= 4 is 16.8 Å². The van der Waals surface area contributed by atoms with Crippen molar-refractivity contribution in [2.75, 3.05) is 6.54 Å². The molecule has 3 heteroatoms. The summed E-state index contributed by atoms with van der Waals surface area (Å²) in [7, 11) is 0. The van der Waals surface area contributed by atoms with Gasteiger partial charge in [-0.1, -0.05) is 43.3 Å². The van der Waals surface area contributed by atoms with Crippen molar-refractivity contribution in [3.63, 3.8) is 0 Å². The number of nitrogens with one attached hydrogen (secondary N) is 2. The predicted octanol–water partition coefficient (Wildman–Crippen LogP) is 3.97. The second-order valence-corrected chi connectivity index (χ2v) is 5.11. The van der Waals surface area contributed by atoms with Crippen LogP contribution in [0.2, 0.25) is 0 Å². The summed E-state index contributed by atoms with van der Waals surface area (Å²) in [4.78, 5) is 15.2. The van der Waals surface area contributed by atoms with Crippen LogP contribution in [0.3, 0.4) is 0 Å². The Morgan fingerprint density at radius 3 is 2.62 bits per heavy atom. The molecule has 0 saturated heterocycles. The van der Waals surface area contributed by atoms with E-state index in [0.29, 0.717) is 12.2 Å². The van der Waals surface area contributed by atoms with Gasteiger partial charge in [0.05, 0.1) is 0 Å². The summed E-state index contributed by atoms with van der Waals surface area (Å²) in [6.07, 6.45) is 0.935. The minimum absolute atomic E-state index is 0.0469. The lowest BCUT2D eigenvalue weighted by molar-refractivity contribution is 0.0949. The molecule has 0 atom stereocenters. The third-order valence-corrected chi connectivity index (χ3v) is 3.51. The zero-order chi connectivity index (χ0) is 14.7. The maximum Gasteiger partial charge on any atom is 0.267 e. The Kier molecular flexibility index (Phi) is 3.73. The number of amides is 1. The summed E-state index contributed by atoms with van der Waals surface area (Å²) in [5.74, 6) is -0.0469. The molecule has 3 aromatic rings. The van der Waals surface area contributed by atoms with Crippen molar-refractivity contribution in [3.8, 4) is 11.1 Å². The third kappa shape index (κ3) is 2.82. The molecular formula is C18H18N2O. The van der Waals surface area contributed by atoms with Crippen molar-refractivity contribution in [3.05, 3.63) is 60.3 Å². The summed E-state index contributed by atoms with van der Waals surface area (Å²) >= 11 is 0. The number of H-pyrrole nitrogens is 1. The number of carbonyl (C=O) groups is 1. The normalized spacial score (nSPS) is 10.7. The van der Waals surface area contributed by atoms with E-state index in [2.05, 4.69) is 34.6 Å². The van der Waals surface area contributed by atoms with Crippen LogP contribution in [0.1, 0.15) is 23.8 Å². The van der Waals surface area contributed by atoms with E-state index in [1.807, 2.05) is 37.3 Å². The molecule has 2 aromatic carbocycles. The van der Waals surface area contributed by atoms with Crippen LogP contribution >= 0.6 is 0 Å². The summed E-state index contributed by atoms with van der Waals surface area (Å²) in [6.45, 7) is 2.74. The van der Waals surface area contributed by atoms with E-state index in [1.54, 1.807) is 0 Å². The number of rotatable bonds is 4. The highest BCUT2D eigenvalue weighted by atomic mass is 16.1. The summed E-state index contributed by atoms with van der Waals surface area (Å²) in [5.41, 5.74) is 3.93. The van der Waals surface area contributed by atoms with Gasteiger partial charge in [-0.05, 0) is 35.7 Å². The van der Waals surface area contributed by atoms with Gasteiger partial charge in [0, 0.05) is 17.4 Å². The number of hydrogen-bond donors (Lipinski definition) is 2. The van der Waals surface area contributed by atoms with Crippen molar-refractivity contribution in [2.24, 2.45) is 0 Å². The smallest absolute Gasteiger partial charge is 0.267 e. The largest absolute Gasteiger partial charge is 0.351 e. The van der Waals surface area contributed by atoms with Gasteiger partial charge in [0.25, 0.3) is 5.91 Å². The fourth-order valence-electron chi connectivity index (χ4n) is 2.40. The predicted molar refractivity (Wildman–Crippen MR) is 86.4 cm³/mol. The highest BCUT2D eigenvalue weighted by Gasteiger charge is 2.09. The minimum Gasteiger partial charge on any atom is -0.351 e. The second kappa shape index (κ2) is 5.83.